The lowest BCUT2D eigenvalue weighted by molar-refractivity contribution is 0.0963. The van der Waals surface area contributed by atoms with Crippen molar-refractivity contribution in [1.82, 2.24) is 30.0 Å². The summed E-state index contributed by atoms with van der Waals surface area (Å²) in [5.74, 6) is -0.180. The van der Waals surface area contributed by atoms with E-state index in [2.05, 4.69) is 25.5 Å². The van der Waals surface area contributed by atoms with Crippen LogP contribution in [0.4, 0.5) is 0 Å². The standard InChI is InChI=1S/C19H15ClN6O2/c1-21-18(27)12-4-2-3-11(5-12)9-26-10-23-16-6-15(13-8-24-25-17(13)20)22-7-14(16)19(26)28/h2-8,10H,9H2,1H3,(H,21,27)(H,24,25). The molecule has 0 fully saturated rings. The molecule has 3 heterocycles. The minimum absolute atomic E-state index is 0.180. The Morgan fingerprint density at radius 2 is 2.11 bits per heavy atom. The average molecular weight is 395 g/mol. The van der Waals surface area contributed by atoms with Crippen molar-refractivity contribution in [2.45, 2.75) is 6.54 Å². The molecule has 1 amide bonds. The van der Waals surface area contributed by atoms with E-state index in [1.807, 2.05) is 6.07 Å². The van der Waals surface area contributed by atoms with Crippen molar-refractivity contribution in [2.75, 3.05) is 7.05 Å². The molecule has 28 heavy (non-hydrogen) atoms. The Hall–Kier alpha value is -3.52. The molecule has 0 aliphatic rings. The zero-order valence-corrected chi connectivity index (χ0v) is 15.6. The van der Waals surface area contributed by atoms with Crippen LogP contribution in [0.25, 0.3) is 22.2 Å². The third-order valence-corrected chi connectivity index (χ3v) is 4.64. The number of benzene rings is 1. The monoisotopic (exact) mass is 394 g/mol. The summed E-state index contributed by atoms with van der Waals surface area (Å²) in [5, 5.41) is 9.86. The highest BCUT2D eigenvalue weighted by molar-refractivity contribution is 6.32. The van der Waals surface area contributed by atoms with Crippen molar-refractivity contribution >= 4 is 28.4 Å². The molecule has 4 aromatic rings. The number of fused-ring (bicyclic) bond motifs is 1. The number of halogens is 1. The number of hydrogen-bond donors (Lipinski definition) is 2. The van der Waals surface area contributed by atoms with Crippen LogP contribution >= 0.6 is 11.6 Å². The molecule has 8 nitrogen and oxygen atoms in total. The van der Waals surface area contributed by atoms with Gasteiger partial charge in [0.05, 0.1) is 41.2 Å². The molecule has 1 aromatic carbocycles. The van der Waals surface area contributed by atoms with Crippen LogP contribution in [0.5, 0.6) is 0 Å². The van der Waals surface area contributed by atoms with E-state index in [4.69, 9.17) is 11.6 Å². The molecule has 0 spiro atoms. The van der Waals surface area contributed by atoms with Gasteiger partial charge in [-0.15, -0.1) is 0 Å². The smallest absolute Gasteiger partial charge is 0.263 e. The minimum atomic E-state index is -0.215. The lowest BCUT2D eigenvalue weighted by Gasteiger charge is -2.08. The predicted octanol–water partition coefficient (Wildman–Crippen LogP) is 2.24. The van der Waals surface area contributed by atoms with Crippen LogP contribution in [0.1, 0.15) is 15.9 Å². The van der Waals surface area contributed by atoms with Crippen molar-refractivity contribution in [3.05, 3.63) is 75.7 Å². The number of aromatic amines is 1. The van der Waals surface area contributed by atoms with Gasteiger partial charge in [-0.25, -0.2) is 4.98 Å². The summed E-state index contributed by atoms with van der Waals surface area (Å²) < 4.78 is 1.48. The predicted molar refractivity (Wildman–Crippen MR) is 105 cm³/mol. The quantitative estimate of drug-likeness (QED) is 0.552. The van der Waals surface area contributed by atoms with Crippen molar-refractivity contribution in [1.29, 1.82) is 0 Å². The van der Waals surface area contributed by atoms with Crippen molar-refractivity contribution < 1.29 is 4.79 Å². The summed E-state index contributed by atoms with van der Waals surface area (Å²) in [6.07, 6.45) is 4.54. The lowest BCUT2D eigenvalue weighted by Crippen LogP contribution is -2.22. The van der Waals surface area contributed by atoms with Crippen LogP contribution in [0.3, 0.4) is 0 Å². The van der Waals surface area contributed by atoms with Gasteiger partial charge in [0.2, 0.25) is 0 Å². The van der Waals surface area contributed by atoms with Crippen LogP contribution in [0.2, 0.25) is 5.15 Å². The molecule has 140 valence electrons. The first kappa shape index (κ1) is 17.9. The highest BCUT2D eigenvalue weighted by atomic mass is 35.5. The van der Waals surface area contributed by atoms with Gasteiger partial charge in [-0.1, -0.05) is 23.7 Å². The van der Waals surface area contributed by atoms with E-state index >= 15 is 0 Å². The van der Waals surface area contributed by atoms with Crippen LogP contribution in [0, 0.1) is 0 Å². The van der Waals surface area contributed by atoms with E-state index in [9.17, 15) is 9.59 Å². The van der Waals surface area contributed by atoms with Crippen LogP contribution in [-0.4, -0.2) is 37.7 Å². The number of rotatable bonds is 4. The number of nitrogens with zero attached hydrogens (tertiary/aromatic N) is 4. The van der Waals surface area contributed by atoms with Gasteiger partial charge in [-0.3, -0.25) is 24.2 Å². The first-order chi connectivity index (χ1) is 13.6. The van der Waals surface area contributed by atoms with Gasteiger partial charge in [0.25, 0.3) is 11.5 Å². The second-order valence-electron chi connectivity index (χ2n) is 6.14. The molecule has 0 unspecified atom stereocenters. The summed E-state index contributed by atoms with van der Waals surface area (Å²) in [4.78, 5) is 33.3. The number of pyridine rings is 1. The van der Waals surface area contributed by atoms with Crippen LogP contribution in [-0.2, 0) is 6.54 Å². The van der Waals surface area contributed by atoms with Gasteiger partial charge in [-0.05, 0) is 23.8 Å². The molecule has 0 saturated carbocycles. The van der Waals surface area contributed by atoms with Crippen molar-refractivity contribution in [3.8, 4) is 11.3 Å². The van der Waals surface area contributed by atoms with Gasteiger partial charge < -0.3 is 5.32 Å². The zero-order chi connectivity index (χ0) is 19.7. The van der Waals surface area contributed by atoms with E-state index in [1.165, 1.54) is 17.1 Å². The summed E-state index contributed by atoms with van der Waals surface area (Å²) in [6, 6.07) is 8.80. The molecule has 0 aliphatic carbocycles. The summed E-state index contributed by atoms with van der Waals surface area (Å²) in [7, 11) is 1.57. The Morgan fingerprint density at radius 1 is 1.25 bits per heavy atom. The summed E-state index contributed by atoms with van der Waals surface area (Å²) in [5.41, 5.74) is 2.87. The van der Waals surface area contributed by atoms with E-state index < -0.39 is 0 Å². The Labute approximate surface area is 164 Å². The molecule has 0 bridgehead atoms. The SMILES string of the molecule is CNC(=O)c1cccc(Cn2cnc3cc(-c4cn[nH]c4Cl)ncc3c2=O)c1. The number of carbonyl (C=O) groups is 1. The Bertz CT molecular complexity index is 1250. The molecule has 0 saturated heterocycles. The first-order valence-corrected chi connectivity index (χ1v) is 8.80. The molecular formula is C19H15ClN6O2. The fourth-order valence-electron chi connectivity index (χ4n) is 2.92. The highest BCUT2D eigenvalue weighted by Gasteiger charge is 2.11. The maximum Gasteiger partial charge on any atom is 0.263 e. The number of aromatic nitrogens is 5. The minimum Gasteiger partial charge on any atom is -0.355 e. The summed E-state index contributed by atoms with van der Waals surface area (Å²) >= 11 is 6.04. The molecule has 0 aliphatic heterocycles. The lowest BCUT2D eigenvalue weighted by atomic mass is 10.1. The van der Waals surface area contributed by atoms with Crippen LogP contribution in [0.15, 0.2) is 53.8 Å². The topological polar surface area (TPSA) is 106 Å². The molecule has 9 heteroatoms. The number of H-pyrrole nitrogens is 1. The van der Waals surface area contributed by atoms with Crippen molar-refractivity contribution in [3.63, 3.8) is 0 Å². The summed E-state index contributed by atoms with van der Waals surface area (Å²) in [6.45, 7) is 0.294. The largest absolute Gasteiger partial charge is 0.355 e. The molecule has 3 aromatic heterocycles. The van der Waals surface area contributed by atoms with E-state index in [0.717, 1.165) is 5.56 Å². The van der Waals surface area contributed by atoms with Crippen LogP contribution < -0.4 is 10.9 Å². The molecule has 0 atom stereocenters. The van der Waals surface area contributed by atoms with E-state index in [1.54, 1.807) is 37.5 Å². The Kier molecular flexibility index (Phi) is 4.62. The molecule has 4 rings (SSSR count). The molecular weight excluding hydrogens is 380 g/mol. The third-order valence-electron chi connectivity index (χ3n) is 4.35. The third kappa shape index (κ3) is 3.25. The highest BCUT2D eigenvalue weighted by Crippen LogP contribution is 2.25. The number of nitrogens with one attached hydrogen (secondary N) is 2. The fraction of sp³-hybridized carbons (Fsp3) is 0.105. The first-order valence-electron chi connectivity index (χ1n) is 8.42. The van der Waals surface area contributed by atoms with Gasteiger partial charge in [0.1, 0.15) is 5.15 Å². The fourth-order valence-corrected chi connectivity index (χ4v) is 3.11. The maximum atomic E-state index is 12.8. The zero-order valence-electron chi connectivity index (χ0n) is 14.8. The number of amides is 1. The number of carbonyl (C=O) groups excluding carboxylic acids is 1. The maximum absolute atomic E-state index is 12.8. The average Bonchev–Trinajstić information content (AvgIpc) is 3.15. The molecule has 2 N–H and O–H groups in total. The van der Waals surface area contributed by atoms with Gasteiger partial charge in [0.15, 0.2) is 0 Å². The van der Waals surface area contributed by atoms with Crippen molar-refractivity contribution in [2.24, 2.45) is 0 Å². The van der Waals surface area contributed by atoms with Gasteiger partial charge in [-0.2, -0.15) is 5.10 Å². The Balaban J connectivity index is 1.70. The second kappa shape index (κ2) is 7.24. The number of hydrogen-bond acceptors (Lipinski definition) is 5. The van der Waals surface area contributed by atoms with E-state index in [0.29, 0.717) is 39.4 Å². The normalized spacial score (nSPS) is 10.9. The Morgan fingerprint density at radius 3 is 2.86 bits per heavy atom. The van der Waals surface area contributed by atoms with E-state index in [-0.39, 0.29) is 11.5 Å². The van der Waals surface area contributed by atoms with Gasteiger partial charge >= 0.3 is 0 Å². The van der Waals surface area contributed by atoms with Gasteiger partial charge in [0, 0.05) is 18.8 Å². The second-order valence-corrected chi connectivity index (χ2v) is 6.52. The molecule has 0 radical (unpaired) electrons.